The lowest BCUT2D eigenvalue weighted by Gasteiger charge is -2.17. The van der Waals surface area contributed by atoms with E-state index < -0.39 is 5.97 Å². The molecule has 0 spiro atoms. The molecule has 1 aliphatic heterocycles. The zero-order chi connectivity index (χ0) is 11.1. The first-order chi connectivity index (χ1) is 7.77. The molecule has 16 heavy (non-hydrogen) atoms. The minimum absolute atomic E-state index is 0.0810. The molecule has 0 fully saturated rings. The zero-order valence-corrected chi connectivity index (χ0v) is 8.29. The van der Waals surface area contributed by atoms with Crippen molar-refractivity contribution in [2.24, 2.45) is 0 Å². The maximum absolute atomic E-state index is 10.9. The second-order valence-corrected chi connectivity index (χ2v) is 3.57. The van der Waals surface area contributed by atoms with Gasteiger partial charge in [0.05, 0.1) is 23.8 Å². The molecule has 0 aromatic carbocycles. The summed E-state index contributed by atoms with van der Waals surface area (Å²) in [6.07, 6.45) is 3.86. The van der Waals surface area contributed by atoms with E-state index in [1.54, 1.807) is 17.0 Å². The number of fused-ring (bicyclic) bond motifs is 3. The maximum atomic E-state index is 10.9. The van der Waals surface area contributed by atoms with Crippen LogP contribution in [0, 0.1) is 0 Å². The van der Waals surface area contributed by atoms with Gasteiger partial charge in [0.1, 0.15) is 0 Å². The van der Waals surface area contributed by atoms with E-state index in [0.29, 0.717) is 13.0 Å². The molecule has 0 radical (unpaired) electrons. The van der Waals surface area contributed by atoms with Crippen molar-refractivity contribution in [3.8, 4) is 11.3 Å². The summed E-state index contributed by atoms with van der Waals surface area (Å²) in [7, 11) is 0. The summed E-state index contributed by atoms with van der Waals surface area (Å²) < 4.78 is 1.70. The van der Waals surface area contributed by atoms with E-state index in [9.17, 15) is 4.79 Å². The Bertz CT molecular complexity index is 576. The molecule has 1 aliphatic rings. The fraction of sp³-hybridized carbons (Fsp3) is 0.200. The van der Waals surface area contributed by atoms with Gasteiger partial charge in [-0.05, 0) is 6.07 Å². The third-order valence-electron chi connectivity index (χ3n) is 2.69. The Labute approximate surface area is 90.6 Å². The predicted octanol–water partition coefficient (Wildman–Crippen LogP) is 0.594. The van der Waals surface area contributed by atoms with Crippen molar-refractivity contribution in [1.82, 2.24) is 19.7 Å². The van der Waals surface area contributed by atoms with Gasteiger partial charge in [0.15, 0.2) is 0 Å². The van der Waals surface area contributed by atoms with Crippen molar-refractivity contribution in [2.45, 2.75) is 13.0 Å². The maximum Gasteiger partial charge on any atom is 0.372 e. The summed E-state index contributed by atoms with van der Waals surface area (Å²) in [4.78, 5) is 14.8. The van der Waals surface area contributed by atoms with Gasteiger partial charge in [0.25, 0.3) is 0 Å². The molecule has 6 nitrogen and oxygen atoms in total. The van der Waals surface area contributed by atoms with Gasteiger partial charge in [-0.25, -0.2) is 9.78 Å². The molecule has 3 rings (SSSR count). The highest BCUT2D eigenvalue weighted by molar-refractivity contribution is 5.85. The Morgan fingerprint density at radius 3 is 3.19 bits per heavy atom. The average molecular weight is 216 g/mol. The van der Waals surface area contributed by atoms with Crippen LogP contribution in [0.15, 0.2) is 18.5 Å². The topological polar surface area (TPSA) is 80.9 Å². The number of carboxylic acid groups (broad SMARTS) is 1. The van der Waals surface area contributed by atoms with Crippen LogP contribution in [0.25, 0.3) is 11.3 Å². The molecular formula is C10H8N4O2. The minimum atomic E-state index is -1.00. The van der Waals surface area contributed by atoms with Crippen LogP contribution in [0.3, 0.4) is 0 Å². The molecule has 1 N–H and O–H groups in total. The number of imidazole rings is 1. The second-order valence-electron chi connectivity index (χ2n) is 3.57. The van der Waals surface area contributed by atoms with Gasteiger partial charge in [0.2, 0.25) is 5.82 Å². The van der Waals surface area contributed by atoms with Crippen LogP contribution in [0.5, 0.6) is 0 Å². The van der Waals surface area contributed by atoms with Crippen molar-refractivity contribution < 1.29 is 9.90 Å². The number of nitrogens with zero attached hydrogens (tertiary/aromatic N) is 4. The summed E-state index contributed by atoms with van der Waals surface area (Å²) >= 11 is 0. The number of hydrogen-bond acceptors (Lipinski definition) is 4. The summed E-state index contributed by atoms with van der Waals surface area (Å²) in [5, 5.41) is 16.8. The molecule has 0 aliphatic carbocycles. The molecule has 0 saturated heterocycles. The number of aromatic carboxylic acids is 1. The van der Waals surface area contributed by atoms with E-state index in [1.807, 2.05) is 6.07 Å². The SMILES string of the molecule is O=C(O)c1ncc2n1CCc1nnccc1-2. The number of rotatable bonds is 1. The molecule has 6 heteroatoms. The van der Waals surface area contributed by atoms with E-state index >= 15 is 0 Å². The fourth-order valence-corrected chi connectivity index (χ4v) is 1.98. The Balaban J connectivity index is 2.23. The Morgan fingerprint density at radius 2 is 2.38 bits per heavy atom. The molecule has 0 saturated carbocycles. The van der Waals surface area contributed by atoms with Crippen LogP contribution in [-0.4, -0.2) is 30.8 Å². The van der Waals surface area contributed by atoms with Crippen LogP contribution in [0.4, 0.5) is 0 Å². The summed E-state index contributed by atoms with van der Waals surface area (Å²) in [6, 6.07) is 1.83. The van der Waals surface area contributed by atoms with Gasteiger partial charge in [-0.3, -0.25) is 0 Å². The first kappa shape index (κ1) is 9.02. The van der Waals surface area contributed by atoms with Gasteiger partial charge < -0.3 is 9.67 Å². The van der Waals surface area contributed by atoms with E-state index in [-0.39, 0.29) is 5.82 Å². The lowest BCUT2D eigenvalue weighted by Crippen LogP contribution is -2.17. The number of carboxylic acids is 1. The fourth-order valence-electron chi connectivity index (χ4n) is 1.98. The van der Waals surface area contributed by atoms with E-state index in [2.05, 4.69) is 15.2 Å². The lowest BCUT2D eigenvalue weighted by atomic mass is 10.1. The van der Waals surface area contributed by atoms with Gasteiger partial charge in [-0.15, -0.1) is 0 Å². The van der Waals surface area contributed by atoms with E-state index in [1.165, 1.54) is 0 Å². The van der Waals surface area contributed by atoms with Crippen LogP contribution in [-0.2, 0) is 13.0 Å². The molecule has 2 aromatic heterocycles. The highest BCUT2D eigenvalue weighted by Gasteiger charge is 2.23. The van der Waals surface area contributed by atoms with Crippen LogP contribution in [0.1, 0.15) is 16.3 Å². The van der Waals surface area contributed by atoms with Crippen molar-refractivity contribution >= 4 is 5.97 Å². The predicted molar refractivity (Wildman–Crippen MR) is 53.9 cm³/mol. The van der Waals surface area contributed by atoms with E-state index in [4.69, 9.17) is 5.11 Å². The molecule has 0 bridgehead atoms. The highest BCUT2D eigenvalue weighted by Crippen LogP contribution is 2.27. The molecule has 0 unspecified atom stereocenters. The first-order valence-corrected chi connectivity index (χ1v) is 4.87. The molecule has 3 heterocycles. The van der Waals surface area contributed by atoms with E-state index in [0.717, 1.165) is 17.0 Å². The van der Waals surface area contributed by atoms with Gasteiger partial charge in [0, 0.05) is 18.5 Å². The zero-order valence-electron chi connectivity index (χ0n) is 8.29. The van der Waals surface area contributed by atoms with Gasteiger partial charge >= 0.3 is 5.97 Å². The Kier molecular flexibility index (Phi) is 1.76. The molecular weight excluding hydrogens is 208 g/mol. The van der Waals surface area contributed by atoms with Crippen LogP contribution < -0.4 is 0 Å². The largest absolute Gasteiger partial charge is 0.475 e. The Morgan fingerprint density at radius 1 is 1.50 bits per heavy atom. The van der Waals surface area contributed by atoms with Gasteiger partial charge in [-0.1, -0.05) is 0 Å². The van der Waals surface area contributed by atoms with Crippen molar-refractivity contribution in [2.75, 3.05) is 0 Å². The minimum Gasteiger partial charge on any atom is -0.475 e. The third kappa shape index (κ3) is 1.13. The lowest BCUT2D eigenvalue weighted by molar-refractivity contribution is 0.0678. The third-order valence-corrected chi connectivity index (χ3v) is 2.69. The number of aryl methyl sites for hydroxylation is 1. The van der Waals surface area contributed by atoms with Crippen molar-refractivity contribution in [3.63, 3.8) is 0 Å². The Hall–Kier alpha value is -2.24. The molecule has 80 valence electrons. The standard InChI is InChI=1S/C10H8N4O2/c15-10(16)9-11-5-8-6-1-3-12-13-7(6)2-4-14(8)9/h1,3,5H,2,4H2,(H,15,16). The monoisotopic (exact) mass is 216 g/mol. The molecule has 0 amide bonds. The second kappa shape index (κ2) is 3.13. The quantitative estimate of drug-likeness (QED) is 0.754. The highest BCUT2D eigenvalue weighted by atomic mass is 16.4. The average Bonchev–Trinajstić information content (AvgIpc) is 2.73. The molecule has 0 atom stereocenters. The van der Waals surface area contributed by atoms with Gasteiger partial charge in [-0.2, -0.15) is 10.2 Å². The number of aromatic nitrogens is 4. The first-order valence-electron chi connectivity index (χ1n) is 4.87. The summed E-state index contributed by atoms with van der Waals surface area (Å²) in [5.74, 6) is -0.922. The smallest absolute Gasteiger partial charge is 0.372 e. The van der Waals surface area contributed by atoms with Crippen molar-refractivity contribution in [1.29, 1.82) is 0 Å². The number of hydrogen-bond donors (Lipinski definition) is 1. The normalized spacial score (nSPS) is 13.0. The summed E-state index contributed by atoms with van der Waals surface area (Å²) in [6.45, 7) is 0.586. The molecule has 2 aromatic rings. The summed E-state index contributed by atoms with van der Waals surface area (Å²) in [5.41, 5.74) is 2.61. The van der Waals surface area contributed by atoms with Crippen molar-refractivity contribution in [3.05, 3.63) is 30.0 Å². The van der Waals surface area contributed by atoms with Crippen LogP contribution >= 0.6 is 0 Å². The van der Waals surface area contributed by atoms with Crippen LogP contribution in [0.2, 0.25) is 0 Å². The number of carbonyl (C=O) groups is 1.